The van der Waals surface area contributed by atoms with E-state index in [2.05, 4.69) is 10.3 Å². The fraction of sp³-hybridized carbons (Fsp3) is 0.500. The second-order valence-corrected chi connectivity index (χ2v) is 5.12. The van der Waals surface area contributed by atoms with Gasteiger partial charge >= 0.3 is 5.97 Å². The highest BCUT2D eigenvalue weighted by Gasteiger charge is 2.39. The summed E-state index contributed by atoms with van der Waals surface area (Å²) >= 11 is 0. The Hall–Kier alpha value is -2.15. The summed E-state index contributed by atoms with van der Waals surface area (Å²) in [4.78, 5) is 27.5. The van der Waals surface area contributed by atoms with E-state index in [0.717, 1.165) is 5.69 Å². The summed E-state index contributed by atoms with van der Waals surface area (Å²) in [5, 5.41) is 11.8. The number of ether oxygens (including phenoxy) is 2. The maximum atomic E-state index is 12.4. The van der Waals surface area contributed by atoms with E-state index in [9.17, 15) is 9.59 Å². The van der Waals surface area contributed by atoms with Gasteiger partial charge in [0.25, 0.3) is 5.91 Å². The van der Waals surface area contributed by atoms with Crippen molar-refractivity contribution in [3.8, 4) is 5.88 Å². The van der Waals surface area contributed by atoms with Crippen LogP contribution in [0.5, 0.6) is 5.88 Å². The molecule has 1 aromatic heterocycles. The van der Waals surface area contributed by atoms with Crippen LogP contribution < -0.4 is 10.1 Å². The molecule has 0 radical (unpaired) electrons. The van der Waals surface area contributed by atoms with E-state index in [0.29, 0.717) is 13.0 Å². The lowest BCUT2D eigenvalue weighted by Gasteiger charge is -2.27. The smallest absolute Gasteiger partial charge is 0.305 e. The van der Waals surface area contributed by atoms with Gasteiger partial charge in [0.2, 0.25) is 5.88 Å². The van der Waals surface area contributed by atoms with Gasteiger partial charge in [-0.3, -0.25) is 9.59 Å². The van der Waals surface area contributed by atoms with E-state index in [1.165, 1.54) is 7.11 Å². The second kappa shape index (κ2) is 6.09. The zero-order valence-corrected chi connectivity index (χ0v) is 12.0. The van der Waals surface area contributed by atoms with Gasteiger partial charge in [0, 0.05) is 12.3 Å². The first kappa shape index (κ1) is 15.2. The Morgan fingerprint density at radius 3 is 2.86 bits per heavy atom. The van der Waals surface area contributed by atoms with Crippen molar-refractivity contribution in [3.05, 3.63) is 23.4 Å². The largest absolute Gasteiger partial charge is 0.481 e. The quantitative estimate of drug-likeness (QED) is 0.832. The summed E-state index contributed by atoms with van der Waals surface area (Å²) < 4.78 is 10.4. The fourth-order valence-corrected chi connectivity index (χ4v) is 2.35. The minimum atomic E-state index is -0.977. The van der Waals surface area contributed by atoms with E-state index in [4.69, 9.17) is 14.6 Å². The molecule has 2 heterocycles. The Kier molecular flexibility index (Phi) is 4.42. The number of aromatic nitrogens is 1. The number of carboxylic acid groups (broad SMARTS) is 1. The zero-order chi connectivity index (χ0) is 15.5. The lowest BCUT2D eigenvalue weighted by atomic mass is 9.94. The zero-order valence-electron chi connectivity index (χ0n) is 12.0. The Morgan fingerprint density at radius 1 is 1.52 bits per heavy atom. The standard InChI is InChI=1S/C14H18N2O5/c1-9-3-4-10(13(15-9)20-2)12(19)16-14(7-11(17)18)5-6-21-8-14/h3-4H,5-8H2,1-2H3,(H,16,19)(H,17,18). The Morgan fingerprint density at radius 2 is 2.29 bits per heavy atom. The number of nitrogens with zero attached hydrogens (tertiary/aromatic N) is 1. The molecule has 1 fully saturated rings. The molecule has 21 heavy (non-hydrogen) atoms. The van der Waals surface area contributed by atoms with Crippen LogP contribution in [0.4, 0.5) is 0 Å². The summed E-state index contributed by atoms with van der Waals surface area (Å²) in [7, 11) is 1.43. The molecule has 2 N–H and O–H groups in total. The molecule has 7 nitrogen and oxygen atoms in total. The molecule has 0 spiro atoms. The number of nitrogens with one attached hydrogen (secondary N) is 1. The number of amides is 1. The molecule has 1 saturated heterocycles. The summed E-state index contributed by atoms with van der Waals surface area (Å²) in [6, 6.07) is 3.31. The SMILES string of the molecule is COc1nc(C)ccc1C(=O)NC1(CC(=O)O)CCOC1. The number of aliphatic carboxylic acids is 1. The molecule has 0 aromatic carbocycles. The molecule has 0 aliphatic carbocycles. The van der Waals surface area contributed by atoms with Crippen molar-refractivity contribution in [2.24, 2.45) is 0 Å². The molecule has 1 aliphatic heterocycles. The molecule has 0 saturated carbocycles. The Labute approximate surface area is 122 Å². The molecule has 1 atom stereocenters. The van der Waals surface area contributed by atoms with Gasteiger partial charge < -0.3 is 19.9 Å². The molecule has 7 heteroatoms. The number of carbonyl (C=O) groups is 2. The van der Waals surface area contributed by atoms with Gasteiger partial charge in [-0.25, -0.2) is 4.98 Å². The predicted octanol–water partition coefficient (Wildman–Crippen LogP) is 0.762. The molecule has 1 aliphatic rings. The predicted molar refractivity (Wildman–Crippen MR) is 73.4 cm³/mol. The first-order valence-corrected chi connectivity index (χ1v) is 6.59. The van der Waals surface area contributed by atoms with Crippen LogP contribution in [-0.4, -0.2) is 47.8 Å². The third-order valence-corrected chi connectivity index (χ3v) is 3.41. The van der Waals surface area contributed by atoms with E-state index in [1.54, 1.807) is 19.1 Å². The monoisotopic (exact) mass is 294 g/mol. The first-order chi connectivity index (χ1) is 9.96. The van der Waals surface area contributed by atoms with Crippen molar-refractivity contribution in [1.29, 1.82) is 0 Å². The maximum Gasteiger partial charge on any atom is 0.305 e. The van der Waals surface area contributed by atoms with Gasteiger partial charge in [-0.05, 0) is 25.5 Å². The molecule has 1 unspecified atom stereocenters. The number of aryl methyl sites for hydroxylation is 1. The number of carbonyl (C=O) groups excluding carboxylic acids is 1. The number of pyridine rings is 1. The molecule has 1 aromatic rings. The van der Waals surface area contributed by atoms with Crippen molar-refractivity contribution in [2.45, 2.75) is 25.3 Å². The molecule has 114 valence electrons. The van der Waals surface area contributed by atoms with Gasteiger partial charge in [-0.2, -0.15) is 0 Å². The van der Waals surface area contributed by atoms with Crippen LogP contribution in [0.25, 0.3) is 0 Å². The molecule has 2 rings (SSSR count). The Bertz CT molecular complexity index is 552. The average molecular weight is 294 g/mol. The number of methoxy groups -OCH3 is 1. The van der Waals surface area contributed by atoms with E-state index in [1.807, 2.05) is 0 Å². The number of hydrogen-bond donors (Lipinski definition) is 2. The van der Waals surface area contributed by atoms with Gasteiger partial charge in [-0.15, -0.1) is 0 Å². The summed E-state index contributed by atoms with van der Waals surface area (Å²) in [6.45, 7) is 2.41. The minimum absolute atomic E-state index is 0.180. The Balaban J connectivity index is 2.21. The van der Waals surface area contributed by atoms with Gasteiger partial charge in [0.05, 0.1) is 25.7 Å². The van der Waals surface area contributed by atoms with Gasteiger partial charge in [-0.1, -0.05) is 0 Å². The topological polar surface area (TPSA) is 97.8 Å². The normalized spacial score (nSPS) is 21.0. The van der Waals surface area contributed by atoms with Crippen molar-refractivity contribution in [2.75, 3.05) is 20.3 Å². The number of hydrogen-bond acceptors (Lipinski definition) is 5. The van der Waals surface area contributed by atoms with Crippen LogP contribution in [0, 0.1) is 6.92 Å². The molecular formula is C14H18N2O5. The summed E-state index contributed by atoms with van der Waals surface area (Å²) in [5.74, 6) is -1.17. The summed E-state index contributed by atoms with van der Waals surface area (Å²) in [5.41, 5.74) is 0.131. The van der Waals surface area contributed by atoms with Gasteiger partial charge in [0.1, 0.15) is 5.56 Å². The highest BCUT2D eigenvalue weighted by Crippen LogP contribution is 2.24. The van der Waals surface area contributed by atoms with Crippen molar-refractivity contribution in [3.63, 3.8) is 0 Å². The van der Waals surface area contributed by atoms with E-state index < -0.39 is 17.4 Å². The van der Waals surface area contributed by atoms with Crippen LogP contribution in [0.2, 0.25) is 0 Å². The molecule has 1 amide bonds. The van der Waals surface area contributed by atoms with Crippen LogP contribution in [0.15, 0.2) is 12.1 Å². The van der Waals surface area contributed by atoms with Gasteiger partial charge in [0.15, 0.2) is 0 Å². The minimum Gasteiger partial charge on any atom is -0.481 e. The van der Waals surface area contributed by atoms with Crippen LogP contribution in [0.1, 0.15) is 28.9 Å². The molecule has 0 bridgehead atoms. The lowest BCUT2D eigenvalue weighted by molar-refractivity contribution is -0.138. The van der Waals surface area contributed by atoms with Crippen molar-refractivity contribution >= 4 is 11.9 Å². The fourth-order valence-electron chi connectivity index (χ4n) is 2.35. The lowest BCUT2D eigenvalue weighted by Crippen LogP contribution is -2.50. The maximum absolute atomic E-state index is 12.4. The van der Waals surface area contributed by atoms with Crippen molar-refractivity contribution in [1.82, 2.24) is 10.3 Å². The summed E-state index contributed by atoms with van der Waals surface area (Å²) in [6.07, 6.45) is 0.285. The van der Waals surface area contributed by atoms with Crippen LogP contribution >= 0.6 is 0 Å². The van der Waals surface area contributed by atoms with E-state index >= 15 is 0 Å². The number of carboxylic acids is 1. The van der Waals surface area contributed by atoms with Crippen molar-refractivity contribution < 1.29 is 24.2 Å². The highest BCUT2D eigenvalue weighted by atomic mass is 16.5. The van der Waals surface area contributed by atoms with Crippen LogP contribution in [-0.2, 0) is 9.53 Å². The average Bonchev–Trinajstić information content (AvgIpc) is 2.85. The first-order valence-electron chi connectivity index (χ1n) is 6.59. The second-order valence-electron chi connectivity index (χ2n) is 5.12. The van der Waals surface area contributed by atoms with E-state index in [-0.39, 0.29) is 24.5 Å². The van der Waals surface area contributed by atoms with Crippen LogP contribution in [0.3, 0.4) is 0 Å². The number of rotatable bonds is 5. The highest BCUT2D eigenvalue weighted by molar-refractivity contribution is 5.97. The third kappa shape index (κ3) is 3.49. The molecular weight excluding hydrogens is 276 g/mol. The third-order valence-electron chi connectivity index (χ3n) is 3.41.